The van der Waals surface area contributed by atoms with Crippen LogP contribution in [0.25, 0.3) is 0 Å². The fraction of sp³-hybridized carbons (Fsp3) is 0.833. The van der Waals surface area contributed by atoms with Gasteiger partial charge in [0.15, 0.2) is 0 Å². The lowest BCUT2D eigenvalue weighted by atomic mass is 9.92. The third-order valence-electron chi connectivity index (χ3n) is 3.27. The van der Waals surface area contributed by atoms with E-state index in [1.165, 1.54) is 25.9 Å². The molecule has 0 aromatic rings. The Morgan fingerprint density at radius 1 is 1.46 bits per heavy atom. The highest BCUT2D eigenvalue weighted by molar-refractivity contribution is 4.85. The largest absolute Gasteiger partial charge is 0.300 e. The zero-order chi connectivity index (χ0) is 9.68. The molecule has 1 aliphatic heterocycles. The number of piperidine rings is 1. The van der Waals surface area contributed by atoms with Gasteiger partial charge in [-0.3, -0.25) is 0 Å². The Kier molecular flexibility index (Phi) is 4.32. The van der Waals surface area contributed by atoms with Gasteiger partial charge in [0, 0.05) is 12.5 Å². The summed E-state index contributed by atoms with van der Waals surface area (Å²) in [5, 5.41) is 0. The Labute approximate surface area is 82.5 Å². The van der Waals surface area contributed by atoms with E-state index in [9.17, 15) is 0 Å². The molecule has 2 atom stereocenters. The lowest BCUT2D eigenvalue weighted by Gasteiger charge is -2.37. The van der Waals surface area contributed by atoms with Crippen LogP contribution in [0, 0.1) is 18.3 Å². The predicted octanol–water partition coefficient (Wildman–Crippen LogP) is 2.52. The first-order valence-electron chi connectivity index (χ1n) is 5.43. The van der Waals surface area contributed by atoms with Crippen LogP contribution in [0.3, 0.4) is 0 Å². The van der Waals surface area contributed by atoms with Gasteiger partial charge in [-0.15, -0.1) is 12.3 Å². The Morgan fingerprint density at radius 3 is 2.92 bits per heavy atom. The molecule has 1 aliphatic rings. The quantitative estimate of drug-likeness (QED) is 0.475. The molecular formula is C12H21N. The summed E-state index contributed by atoms with van der Waals surface area (Å²) in [4.78, 5) is 2.59. The van der Waals surface area contributed by atoms with Gasteiger partial charge in [0.1, 0.15) is 0 Å². The summed E-state index contributed by atoms with van der Waals surface area (Å²) in [6.45, 7) is 7.17. The van der Waals surface area contributed by atoms with Gasteiger partial charge in [0.2, 0.25) is 0 Å². The van der Waals surface area contributed by atoms with Gasteiger partial charge < -0.3 is 4.90 Å². The standard InChI is InChI=1S/C12H21N/c1-4-5-6-9-13-10-7-8-11(2)12(13)3/h1,11-12H,5-10H2,2-3H3. The molecule has 0 aromatic carbocycles. The van der Waals surface area contributed by atoms with Crippen LogP contribution in [0.5, 0.6) is 0 Å². The lowest BCUT2D eigenvalue weighted by Crippen LogP contribution is -2.42. The second-order valence-electron chi connectivity index (χ2n) is 4.20. The van der Waals surface area contributed by atoms with Crippen molar-refractivity contribution in [2.24, 2.45) is 5.92 Å². The SMILES string of the molecule is C#CCCCN1CCCC(C)C1C. The minimum absolute atomic E-state index is 0.756. The molecule has 0 saturated carbocycles. The van der Waals surface area contributed by atoms with Crippen molar-refractivity contribution >= 4 is 0 Å². The maximum Gasteiger partial charge on any atom is 0.00982 e. The van der Waals surface area contributed by atoms with Crippen molar-refractivity contribution in [3.63, 3.8) is 0 Å². The van der Waals surface area contributed by atoms with E-state index in [1.807, 2.05) is 0 Å². The van der Waals surface area contributed by atoms with Crippen LogP contribution in [0.4, 0.5) is 0 Å². The minimum atomic E-state index is 0.756. The normalized spacial score (nSPS) is 29.9. The molecule has 13 heavy (non-hydrogen) atoms. The van der Waals surface area contributed by atoms with E-state index >= 15 is 0 Å². The molecule has 1 saturated heterocycles. The van der Waals surface area contributed by atoms with Crippen molar-refractivity contribution in [3.8, 4) is 12.3 Å². The van der Waals surface area contributed by atoms with E-state index in [-0.39, 0.29) is 0 Å². The first kappa shape index (κ1) is 10.6. The van der Waals surface area contributed by atoms with E-state index in [4.69, 9.17) is 6.42 Å². The molecule has 0 N–H and O–H groups in total. The van der Waals surface area contributed by atoms with Crippen LogP contribution >= 0.6 is 0 Å². The zero-order valence-corrected chi connectivity index (χ0v) is 8.92. The van der Waals surface area contributed by atoms with Crippen LogP contribution in [0.1, 0.15) is 39.5 Å². The fourth-order valence-corrected chi connectivity index (χ4v) is 2.12. The van der Waals surface area contributed by atoms with Gasteiger partial charge in [-0.1, -0.05) is 6.92 Å². The van der Waals surface area contributed by atoms with Crippen molar-refractivity contribution < 1.29 is 0 Å². The molecular weight excluding hydrogens is 158 g/mol. The Hall–Kier alpha value is -0.480. The van der Waals surface area contributed by atoms with E-state index in [1.54, 1.807) is 0 Å². The Balaban J connectivity index is 2.27. The maximum absolute atomic E-state index is 5.24. The highest BCUT2D eigenvalue weighted by Gasteiger charge is 2.23. The van der Waals surface area contributed by atoms with E-state index in [2.05, 4.69) is 24.7 Å². The first-order chi connectivity index (χ1) is 6.25. The minimum Gasteiger partial charge on any atom is -0.300 e. The fourth-order valence-electron chi connectivity index (χ4n) is 2.12. The number of terminal acetylenes is 1. The average Bonchev–Trinajstić information content (AvgIpc) is 2.13. The molecule has 0 amide bonds. The van der Waals surface area contributed by atoms with Gasteiger partial charge in [-0.05, 0) is 45.2 Å². The summed E-state index contributed by atoms with van der Waals surface area (Å²) in [5.74, 6) is 3.57. The molecule has 1 heteroatoms. The van der Waals surface area contributed by atoms with E-state index < -0.39 is 0 Å². The molecule has 0 aromatic heterocycles. The van der Waals surface area contributed by atoms with Gasteiger partial charge in [-0.2, -0.15) is 0 Å². The summed E-state index contributed by atoms with van der Waals surface area (Å²) in [6, 6.07) is 0.756. The van der Waals surface area contributed by atoms with Crippen LogP contribution in [0.2, 0.25) is 0 Å². The van der Waals surface area contributed by atoms with E-state index in [0.717, 1.165) is 24.8 Å². The van der Waals surface area contributed by atoms with Crippen molar-refractivity contribution in [2.45, 2.75) is 45.6 Å². The Morgan fingerprint density at radius 2 is 2.23 bits per heavy atom. The van der Waals surface area contributed by atoms with Crippen LogP contribution in [0.15, 0.2) is 0 Å². The summed E-state index contributed by atoms with van der Waals surface area (Å²) >= 11 is 0. The first-order valence-corrected chi connectivity index (χ1v) is 5.43. The number of hydrogen-bond acceptors (Lipinski definition) is 1. The molecule has 2 unspecified atom stereocenters. The average molecular weight is 179 g/mol. The van der Waals surface area contributed by atoms with Crippen LogP contribution < -0.4 is 0 Å². The second-order valence-corrected chi connectivity index (χ2v) is 4.20. The van der Waals surface area contributed by atoms with E-state index in [0.29, 0.717) is 0 Å². The number of hydrogen-bond donors (Lipinski definition) is 0. The highest BCUT2D eigenvalue weighted by Crippen LogP contribution is 2.22. The molecule has 74 valence electrons. The van der Waals surface area contributed by atoms with Crippen molar-refractivity contribution in [1.82, 2.24) is 4.90 Å². The third kappa shape index (κ3) is 3.04. The molecule has 0 bridgehead atoms. The van der Waals surface area contributed by atoms with Gasteiger partial charge in [-0.25, -0.2) is 0 Å². The number of unbranched alkanes of at least 4 members (excludes halogenated alkanes) is 1. The van der Waals surface area contributed by atoms with Gasteiger partial charge >= 0.3 is 0 Å². The second kappa shape index (κ2) is 5.29. The van der Waals surface area contributed by atoms with Crippen molar-refractivity contribution in [1.29, 1.82) is 0 Å². The number of likely N-dealkylation sites (tertiary alicyclic amines) is 1. The molecule has 1 rings (SSSR count). The summed E-state index contributed by atoms with van der Waals surface area (Å²) in [5.41, 5.74) is 0. The maximum atomic E-state index is 5.24. The smallest absolute Gasteiger partial charge is 0.00982 e. The van der Waals surface area contributed by atoms with Crippen molar-refractivity contribution in [3.05, 3.63) is 0 Å². The molecule has 0 aliphatic carbocycles. The number of nitrogens with zero attached hydrogens (tertiary/aromatic N) is 1. The molecule has 0 spiro atoms. The zero-order valence-electron chi connectivity index (χ0n) is 8.92. The van der Waals surface area contributed by atoms with Crippen LogP contribution in [-0.2, 0) is 0 Å². The van der Waals surface area contributed by atoms with Crippen LogP contribution in [-0.4, -0.2) is 24.0 Å². The van der Waals surface area contributed by atoms with Gasteiger partial charge in [0.05, 0.1) is 0 Å². The third-order valence-corrected chi connectivity index (χ3v) is 3.27. The summed E-state index contributed by atoms with van der Waals surface area (Å²) < 4.78 is 0. The summed E-state index contributed by atoms with van der Waals surface area (Å²) in [6.07, 6.45) is 10.1. The highest BCUT2D eigenvalue weighted by atomic mass is 15.2. The predicted molar refractivity (Wildman–Crippen MR) is 57.5 cm³/mol. The molecule has 0 radical (unpaired) electrons. The molecule has 1 heterocycles. The van der Waals surface area contributed by atoms with Crippen molar-refractivity contribution in [2.75, 3.05) is 13.1 Å². The summed E-state index contributed by atoms with van der Waals surface area (Å²) in [7, 11) is 0. The molecule has 1 nitrogen and oxygen atoms in total. The Bertz CT molecular complexity index is 180. The van der Waals surface area contributed by atoms with Gasteiger partial charge in [0.25, 0.3) is 0 Å². The topological polar surface area (TPSA) is 3.24 Å². The number of rotatable bonds is 3. The lowest BCUT2D eigenvalue weighted by molar-refractivity contribution is 0.113. The molecule has 1 fully saturated rings. The monoisotopic (exact) mass is 179 g/mol.